The van der Waals surface area contributed by atoms with E-state index >= 15 is 0 Å². The molecule has 29 heavy (non-hydrogen) atoms. The number of hydrogen-bond donors (Lipinski definition) is 2. The molecule has 0 aromatic carbocycles. The van der Waals surface area contributed by atoms with Gasteiger partial charge in [-0.2, -0.15) is 5.10 Å². The molecule has 4 heterocycles. The number of carbonyl (C=O) groups excluding carboxylic acids is 1. The van der Waals surface area contributed by atoms with Gasteiger partial charge in [-0.1, -0.05) is 11.8 Å². The molecule has 0 aliphatic carbocycles. The van der Waals surface area contributed by atoms with Crippen LogP contribution in [0.3, 0.4) is 0 Å². The molecular formula is C19H23N7O2S. The van der Waals surface area contributed by atoms with Crippen molar-refractivity contribution in [2.75, 3.05) is 30.8 Å². The van der Waals surface area contributed by atoms with Gasteiger partial charge in [0.25, 0.3) is 11.5 Å². The molecule has 0 bridgehead atoms. The van der Waals surface area contributed by atoms with Gasteiger partial charge in [-0.25, -0.2) is 14.6 Å². The predicted molar refractivity (Wildman–Crippen MR) is 113 cm³/mol. The van der Waals surface area contributed by atoms with Crippen LogP contribution in [0.1, 0.15) is 29.6 Å². The molecule has 1 aliphatic heterocycles. The Balaban J connectivity index is 1.53. The monoisotopic (exact) mass is 413 g/mol. The molecule has 4 rings (SSSR count). The SMILES string of the molecule is CSc1nc(N2CCCCC2)c2cnn(CCNC(=O)c3ccc[nH]c3=O)c2n1. The normalized spacial score (nSPS) is 14.3. The summed E-state index contributed by atoms with van der Waals surface area (Å²) >= 11 is 1.50. The van der Waals surface area contributed by atoms with E-state index in [4.69, 9.17) is 4.98 Å². The minimum atomic E-state index is -0.406. The second-order valence-electron chi connectivity index (χ2n) is 6.86. The molecule has 0 radical (unpaired) electrons. The summed E-state index contributed by atoms with van der Waals surface area (Å²) in [6.07, 6.45) is 8.84. The topological polar surface area (TPSA) is 109 Å². The summed E-state index contributed by atoms with van der Waals surface area (Å²) < 4.78 is 1.78. The van der Waals surface area contributed by atoms with Gasteiger partial charge in [-0.05, 0) is 37.7 Å². The lowest BCUT2D eigenvalue weighted by Crippen LogP contribution is -2.32. The number of carbonyl (C=O) groups is 1. The number of rotatable bonds is 6. The number of anilines is 1. The van der Waals surface area contributed by atoms with E-state index in [1.54, 1.807) is 16.9 Å². The van der Waals surface area contributed by atoms with Crippen LogP contribution in [0.2, 0.25) is 0 Å². The number of amides is 1. The summed E-state index contributed by atoms with van der Waals surface area (Å²) in [7, 11) is 0. The first kappa shape index (κ1) is 19.4. The Hall–Kier alpha value is -2.88. The van der Waals surface area contributed by atoms with Gasteiger partial charge in [0.15, 0.2) is 10.8 Å². The molecule has 2 N–H and O–H groups in total. The fourth-order valence-corrected chi connectivity index (χ4v) is 3.85. The van der Waals surface area contributed by atoms with E-state index in [9.17, 15) is 9.59 Å². The molecule has 1 amide bonds. The van der Waals surface area contributed by atoms with Crippen LogP contribution < -0.4 is 15.8 Å². The summed E-state index contributed by atoms with van der Waals surface area (Å²) in [5.41, 5.74) is 0.451. The average molecular weight is 414 g/mol. The van der Waals surface area contributed by atoms with Gasteiger partial charge in [-0.3, -0.25) is 9.59 Å². The van der Waals surface area contributed by atoms with Crippen LogP contribution >= 0.6 is 11.8 Å². The van der Waals surface area contributed by atoms with Crippen molar-refractivity contribution in [1.82, 2.24) is 30.0 Å². The maximum atomic E-state index is 12.2. The second-order valence-corrected chi connectivity index (χ2v) is 7.63. The number of nitrogens with zero attached hydrogens (tertiary/aromatic N) is 5. The van der Waals surface area contributed by atoms with Crippen molar-refractivity contribution in [2.24, 2.45) is 0 Å². The first-order chi connectivity index (χ1) is 14.2. The van der Waals surface area contributed by atoms with Crippen LogP contribution in [0.4, 0.5) is 5.82 Å². The summed E-state index contributed by atoms with van der Waals surface area (Å²) in [6, 6.07) is 3.13. The Morgan fingerprint density at radius 2 is 2.10 bits per heavy atom. The number of pyridine rings is 1. The van der Waals surface area contributed by atoms with Crippen molar-refractivity contribution in [2.45, 2.75) is 31.0 Å². The van der Waals surface area contributed by atoms with Crippen LogP contribution in [0.15, 0.2) is 34.5 Å². The molecule has 0 saturated carbocycles. The first-order valence-electron chi connectivity index (χ1n) is 9.66. The minimum Gasteiger partial charge on any atom is -0.356 e. The zero-order valence-electron chi connectivity index (χ0n) is 16.2. The molecule has 9 nitrogen and oxygen atoms in total. The zero-order chi connectivity index (χ0) is 20.2. The highest BCUT2D eigenvalue weighted by molar-refractivity contribution is 7.98. The number of fused-ring (bicyclic) bond motifs is 1. The lowest BCUT2D eigenvalue weighted by molar-refractivity contribution is 0.0950. The zero-order valence-corrected chi connectivity index (χ0v) is 17.0. The third-order valence-electron chi connectivity index (χ3n) is 4.97. The molecule has 0 spiro atoms. The smallest absolute Gasteiger partial charge is 0.260 e. The maximum Gasteiger partial charge on any atom is 0.260 e. The van der Waals surface area contributed by atoms with Crippen molar-refractivity contribution in [1.29, 1.82) is 0 Å². The number of hydrogen-bond acceptors (Lipinski definition) is 7. The van der Waals surface area contributed by atoms with Crippen molar-refractivity contribution in [3.05, 3.63) is 40.4 Å². The molecule has 152 valence electrons. The largest absolute Gasteiger partial charge is 0.356 e. The van der Waals surface area contributed by atoms with Gasteiger partial charge in [0.05, 0.1) is 18.1 Å². The van der Waals surface area contributed by atoms with E-state index in [1.165, 1.54) is 43.3 Å². The molecule has 10 heteroatoms. The number of thioether (sulfide) groups is 1. The van der Waals surface area contributed by atoms with Crippen LogP contribution in [-0.4, -0.2) is 56.5 Å². The summed E-state index contributed by atoms with van der Waals surface area (Å²) in [5.74, 6) is 0.530. The van der Waals surface area contributed by atoms with Crippen molar-refractivity contribution >= 4 is 34.5 Å². The number of nitrogens with one attached hydrogen (secondary N) is 2. The molecule has 1 saturated heterocycles. The Morgan fingerprint density at radius 3 is 2.86 bits per heavy atom. The highest BCUT2D eigenvalue weighted by atomic mass is 32.2. The highest BCUT2D eigenvalue weighted by Crippen LogP contribution is 2.28. The van der Waals surface area contributed by atoms with E-state index in [0.29, 0.717) is 18.2 Å². The van der Waals surface area contributed by atoms with Crippen molar-refractivity contribution < 1.29 is 4.79 Å². The highest BCUT2D eigenvalue weighted by Gasteiger charge is 2.19. The Kier molecular flexibility index (Phi) is 5.79. The van der Waals surface area contributed by atoms with Crippen LogP contribution in [-0.2, 0) is 6.54 Å². The lowest BCUT2D eigenvalue weighted by Gasteiger charge is -2.28. The molecular weight excluding hydrogens is 390 g/mol. The van der Waals surface area contributed by atoms with Gasteiger partial charge in [-0.15, -0.1) is 0 Å². The van der Waals surface area contributed by atoms with E-state index in [1.807, 2.05) is 6.26 Å². The van der Waals surface area contributed by atoms with Crippen LogP contribution in [0.5, 0.6) is 0 Å². The molecule has 3 aromatic rings. The number of H-pyrrole nitrogens is 1. The predicted octanol–water partition coefficient (Wildman–Crippen LogP) is 1.66. The molecule has 1 aliphatic rings. The molecule has 1 fully saturated rings. The van der Waals surface area contributed by atoms with E-state index < -0.39 is 11.5 Å². The lowest BCUT2D eigenvalue weighted by atomic mass is 10.1. The fraction of sp³-hybridized carbons (Fsp3) is 0.421. The van der Waals surface area contributed by atoms with Gasteiger partial charge in [0, 0.05) is 25.8 Å². The number of piperidine rings is 1. The number of aromatic amines is 1. The Bertz CT molecular complexity index is 1070. The van der Waals surface area contributed by atoms with Crippen molar-refractivity contribution in [3.8, 4) is 0 Å². The summed E-state index contributed by atoms with van der Waals surface area (Å²) in [5, 5.41) is 8.88. The summed E-state index contributed by atoms with van der Waals surface area (Å²) in [4.78, 5) is 38.1. The van der Waals surface area contributed by atoms with Gasteiger partial charge in [0.1, 0.15) is 11.4 Å². The van der Waals surface area contributed by atoms with Gasteiger partial charge < -0.3 is 15.2 Å². The van der Waals surface area contributed by atoms with E-state index in [2.05, 4.69) is 25.3 Å². The van der Waals surface area contributed by atoms with Gasteiger partial charge >= 0.3 is 0 Å². The average Bonchev–Trinajstić information content (AvgIpc) is 3.16. The number of aromatic nitrogens is 5. The summed E-state index contributed by atoms with van der Waals surface area (Å²) in [6.45, 7) is 2.77. The van der Waals surface area contributed by atoms with Gasteiger partial charge in [0.2, 0.25) is 0 Å². The molecule has 0 unspecified atom stereocenters. The molecule has 3 aromatic heterocycles. The van der Waals surface area contributed by atoms with E-state index in [-0.39, 0.29) is 5.56 Å². The minimum absolute atomic E-state index is 0.0946. The molecule has 0 atom stereocenters. The Labute approximate surface area is 171 Å². The quantitative estimate of drug-likeness (QED) is 0.467. The standard InChI is InChI=1S/C19H23N7O2S/c1-29-19-23-15(25-9-3-2-4-10-25)14-12-22-26(16(14)24-19)11-8-21-18(28)13-6-5-7-20-17(13)27/h5-7,12H,2-4,8-11H2,1H3,(H,20,27)(H,21,28). The Morgan fingerprint density at radius 1 is 1.28 bits per heavy atom. The van der Waals surface area contributed by atoms with Crippen LogP contribution in [0, 0.1) is 0 Å². The fourth-order valence-electron chi connectivity index (χ4n) is 3.49. The third kappa shape index (κ3) is 4.12. The third-order valence-corrected chi connectivity index (χ3v) is 5.51. The van der Waals surface area contributed by atoms with Crippen molar-refractivity contribution in [3.63, 3.8) is 0 Å². The van der Waals surface area contributed by atoms with E-state index in [0.717, 1.165) is 29.9 Å². The second kappa shape index (κ2) is 8.64. The van der Waals surface area contributed by atoms with Crippen LogP contribution in [0.25, 0.3) is 11.0 Å². The first-order valence-corrected chi connectivity index (χ1v) is 10.9. The maximum absolute atomic E-state index is 12.2.